The summed E-state index contributed by atoms with van der Waals surface area (Å²) < 4.78 is 16.1. The number of methoxy groups -OCH3 is 3. The second-order valence-corrected chi connectivity index (χ2v) is 5.47. The van der Waals surface area contributed by atoms with Crippen molar-refractivity contribution in [1.29, 1.82) is 0 Å². The zero-order chi connectivity index (χ0) is 18.5. The first-order chi connectivity index (χ1) is 12.7. The van der Waals surface area contributed by atoms with Crippen LogP contribution in [0.4, 0.5) is 17.5 Å². The van der Waals surface area contributed by atoms with Gasteiger partial charge in [-0.3, -0.25) is 0 Å². The van der Waals surface area contributed by atoms with Crippen molar-refractivity contribution in [2.24, 2.45) is 0 Å². The van der Waals surface area contributed by atoms with E-state index < -0.39 is 0 Å². The molecule has 9 heteroatoms. The summed E-state index contributed by atoms with van der Waals surface area (Å²) in [7, 11) is 4.71. The first kappa shape index (κ1) is 17.6. The molecule has 0 fully saturated rings. The molecule has 0 aliphatic heterocycles. The summed E-state index contributed by atoms with van der Waals surface area (Å²) in [6.07, 6.45) is 2.49. The molecular formula is C17H22N6O3. The first-order valence-corrected chi connectivity index (χ1v) is 8.21. The number of aromatic amines is 1. The summed E-state index contributed by atoms with van der Waals surface area (Å²) in [6, 6.07) is 3.60. The molecule has 138 valence electrons. The molecule has 9 nitrogen and oxygen atoms in total. The number of nitrogens with zero attached hydrogens (tertiary/aromatic N) is 3. The van der Waals surface area contributed by atoms with Crippen LogP contribution < -0.4 is 24.8 Å². The van der Waals surface area contributed by atoms with Crippen LogP contribution in [0, 0.1) is 0 Å². The third kappa shape index (κ3) is 3.41. The maximum absolute atomic E-state index is 5.37. The Morgan fingerprint density at radius 2 is 1.77 bits per heavy atom. The zero-order valence-electron chi connectivity index (χ0n) is 15.2. The summed E-state index contributed by atoms with van der Waals surface area (Å²) in [6.45, 7) is 2.91. The fraction of sp³-hybridized carbons (Fsp3) is 0.353. The number of rotatable bonds is 8. The van der Waals surface area contributed by atoms with Crippen molar-refractivity contribution in [1.82, 2.24) is 19.9 Å². The van der Waals surface area contributed by atoms with Crippen LogP contribution in [0.25, 0.3) is 11.2 Å². The number of hydrogen-bond donors (Lipinski definition) is 3. The van der Waals surface area contributed by atoms with Crippen molar-refractivity contribution in [2.75, 3.05) is 38.5 Å². The van der Waals surface area contributed by atoms with Gasteiger partial charge in [0.25, 0.3) is 0 Å². The van der Waals surface area contributed by atoms with Crippen molar-refractivity contribution < 1.29 is 14.2 Å². The van der Waals surface area contributed by atoms with Crippen molar-refractivity contribution in [3.8, 4) is 17.2 Å². The molecule has 0 saturated heterocycles. The molecule has 0 atom stereocenters. The van der Waals surface area contributed by atoms with E-state index in [-0.39, 0.29) is 0 Å². The number of ether oxygens (including phenoxy) is 3. The minimum Gasteiger partial charge on any atom is -0.493 e. The van der Waals surface area contributed by atoms with Gasteiger partial charge in [0.2, 0.25) is 11.7 Å². The van der Waals surface area contributed by atoms with E-state index in [2.05, 4.69) is 37.5 Å². The maximum Gasteiger partial charge on any atom is 0.207 e. The van der Waals surface area contributed by atoms with Gasteiger partial charge < -0.3 is 29.8 Å². The van der Waals surface area contributed by atoms with Crippen LogP contribution in [0.3, 0.4) is 0 Å². The lowest BCUT2D eigenvalue weighted by Crippen LogP contribution is -2.02. The third-order valence-corrected chi connectivity index (χ3v) is 3.76. The fourth-order valence-electron chi connectivity index (χ4n) is 2.56. The Morgan fingerprint density at radius 3 is 2.38 bits per heavy atom. The number of benzene rings is 1. The lowest BCUT2D eigenvalue weighted by molar-refractivity contribution is 0.324. The molecule has 0 aliphatic carbocycles. The molecule has 3 N–H and O–H groups in total. The van der Waals surface area contributed by atoms with Gasteiger partial charge in [-0.15, -0.1) is 0 Å². The molecule has 2 aromatic heterocycles. The van der Waals surface area contributed by atoms with Crippen molar-refractivity contribution in [3.63, 3.8) is 0 Å². The van der Waals surface area contributed by atoms with Crippen LogP contribution in [0.5, 0.6) is 17.2 Å². The molecule has 0 amide bonds. The van der Waals surface area contributed by atoms with Gasteiger partial charge in [0.1, 0.15) is 11.8 Å². The minimum absolute atomic E-state index is 0.530. The zero-order valence-corrected chi connectivity index (χ0v) is 15.2. The number of nitrogens with one attached hydrogen (secondary N) is 3. The Balaban J connectivity index is 1.93. The Kier molecular flexibility index (Phi) is 5.26. The highest BCUT2D eigenvalue weighted by molar-refractivity contribution is 5.85. The second-order valence-electron chi connectivity index (χ2n) is 5.47. The van der Waals surface area contributed by atoms with Crippen LogP contribution in [0.1, 0.15) is 13.3 Å². The molecule has 0 bridgehead atoms. The smallest absolute Gasteiger partial charge is 0.207 e. The minimum atomic E-state index is 0.530. The van der Waals surface area contributed by atoms with E-state index in [9.17, 15) is 0 Å². The van der Waals surface area contributed by atoms with E-state index in [1.807, 2.05) is 0 Å². The molecular weight excluding hydrogens is 336 g/mol. The number of H-pyrrole nitrogens is 1. The molecule has 3 rings (SSSR count). The topological polar surface area (TPSA) is 106 Å². The Bertz CT molecular complexity index is 870. The van der Waals surface area contributed by atoms with Gasteiger partial charge in [-0.1, -0.05) is 6.92 Å². The summed E-state index contributed by atoms with van der Waals surface area (Å²) in [4.78, 5) is 16.1. The predicted octanol–water partition coefficient (Wildman–Crippen LogP) is 2.94. The van der Waals surface area contributed by atoms with Gasteiger partial charge in [0.15, 0.2) is 23.0 Å². The first-order valence-electron chi connectivity index (χ1n) is 8.21. The van der Waals surface area contributed by atoms with E-state index in [0.29, 0.717) is 28.8 Å². The number of aromatic nitrogens is 4. The summed E-state index contributed by atoms with van der Waals surface area (Å²) in [5.74, 6) is 2.89. The number of fused-ring (bicyclic) bond motifs is 1. The third-order valence-electron chi connectivity index (χ3n) is 3.76. The highest BCUT2D eigenvalue weighted by Crippen LogP contribution is 2.40. The molecule has 0 unspecified atom stereocenters. The van der Waals surface area contributed by atoms with E-state index >= 15 is 0 Å². The maximum atomic E-state index is 5.37. The van der Waals surface area contributed by atoms with Crippen molar-refractivity contribution >= 4 is 28.6 Å². The van der Waals surface area contributed by atoms with Gasteiger partial charge in [0, 0.05) is 24.4 Å². The standard InChI is InChI=1S/C17H22N6O3/c1-5-6-18-15-13-16(20-9-19-15)23-17(22-13)21-10-7-11(24-2)14(26-4)12(8-10)25-3/h7-9H,5-6H2,1-4H3,(H3,18,19,20,21,22,23). The summed E-state index contributed by atoms with van der Waals surface area (Å²) in [5.41, 5.74) is 2.05. The molecule has 26 heavy (non-hydrogen) atoms. The Morgan fingerprint density at radius 1 is 1.04 bits per heavy atom. The van der Waals surface area contributed by atoms with E-state index in [1.165, 1.54) is 6.33 Å². The van der Waals surface area contributed by atoms with E-state index in [1.54, 1.807) is 33.5 Å². The number of hydrogen-bond acceptors (Lipinski definition) is 8. The highest BCUT2D eigenvalue weighted by atomic mass is 16.5. The van der Waals surface area contributed by atoms with Crippen LogP contribution in [0.2, 0.25) is 0 Å². The average molecular weight is 358 g/mol. The monoisotopic (exact) mass is 358 g/mol. The molecule has 0 aliphatic rings. The SMILES string of the molecule is CCCNc1ncnc2nc(Nc3cc(OC)c(OC)c(OC)c3)[nH]c12. The van der Waals surface area contributed by atoms with Crippen molar-refractivity contribution in [3.05, 3.63) is 18.5 Å². The van der Waals surface area contributed by atoms with Crippen LogP contribution in [-0.2, 0) is 0 Å². The summed E-state index contributed by atoms with van der Waals surface area (Å²) >= 11 is 0. The van der Waals surface area contributed by atoms with E-state index in [4.69, 9.17) is 14.2 Å². The molecule has 1 aromatic carbocycles. The number of imidazole rings is 1. The number of anilines is 3. The van der Waals surface area contributed by atoms with Crippen LogP contribution in [0.15, 0.2) is 18.5 Å². The quantitative estimate of drug-likeness (QED) is 0.564. The van der Waals surface area contributed by atoms with Crippen molar-refractivity contribution in [2.45, 2.75) is 13.3 Å². The Labute approximate surface area is 151 Å². The van der Waals surface area contributed by atoms with Gasteiger partial charge >= 0.3 is 0 Å². The predicted molar refractivity (Wildman–Crippen MR) is 99.8 cm³/mol. The van der Waals surface area contributed by atoms with Gasteiger partial charge in [-0.2, -0.15) is 4.98 Å². The van der Waals surface area contributed by atoms with Gasteiger partial charge in [-0.25, -0.2) is 9.97 Å². The molecule has 2 heterocycles. The highest BCUT2D eigenvalue weighted by Gasteiger charge is 2.15. The average Bonchev–Trinajstić information content (AvgIpc) is 3.08. The molecule has 0 radical (unpaired) electrons. The second kappa shape index (κ2) is 7.77. The molecule has 0 spiro atoms. The fourth-order valence-corrected chi connectivity index (χ4v) is 2.56. The van der Waals surface area contributed by atoms with Gasteiger partial charge in [0.05, 0.1) is 21.3 Å². The lowest BCUT2D eigenvalue weighted by atomic mass is 10.2. The van der Waals surface area contributed by atoms with Crippen LogP contribution in [-0.4, -0.2) is 47.8 Å². The van der Waals surface area contributed by atoms with E-state index in [0.717, 1.165) is 30.0 Å². The molecule has 0 saturated carbocycles. The van der Waals surface area contributed by atoms with Gasteiger partial charge in [-0.05, 0) is 6.42 Å². The van der Waals surface area contributed by atoms with Crippen LogP contribution >= 0.6 is 0 Å². The largest absolute Gasteiger partial charge is 0.493 e. The lowest BCUT2D eigenvalue weighted by Gasteiger charge is -2.14. The molecule has 3 aromatic rings. The normalized spacial score (nSPS) is 10.6. The Hall–Kier alpha value is -3.23. The summed E-state index contributed by atoms with van der Waals surface area (Å²) in [5, 5.41) is 6.46.